The van der Waals surface area contributed by atoms with Gasteiger partial charge in [-0.15, -0.1) is 0 Å². The SMILES string of the molecule is Nc1ccc(-c2noc(-c3ccc(F)cc3F)n2)cc1. The minimum atomic E-state index is -0.752. The maximum absolute atomic E-state index is 13.6. The van der Waals surface area contributed by atoms with Gasteiger partial charge in [0.25, 0.3) is 5.89 Å². The molecule has 2 N–H and O–H groups in total. The molecule has 0 saturated heterocycles. The van der Waals surface area contributed by atoms with Gasteiger partial charge in [0, 0.05) is 17.3 Å². The van der Waals surface area contributed by atoms with Gasteiger partial charge < -0.3 is 10.3 Å². The summed E-state index contributed by atoms with van der Waals surface area (Å²) < 4.78 is 31.5. The molecule has 0 unspecified atom stereocenters. The van der Waals surface area contributed by atoms with Crippen molar-refractivity contribution < 1.29 is 13.3 Å². The molecule has 4 nitrogen and oxygen atoms in total. The lowest BCUT2D eigenvalue weighted by atomic mass is 10.2. The molecular formula is C14H9F2N3O. The molecule has 0 aliphatic rings. The standard InChI is InChI=1S/C14H9F2N3O/c15-9-3-6-11(12(16)7-9)14-18-13(19-20-14)8-1-4-10(17)5-2-8/h1-7H,17H2. The first kappa shape index (κ1) is 12.3. The molecule has 0 bridgehead atoms. The highest BCUT2D eigenvalue weighted by molar-refractivity contribution is 5.61. The zero-order valence-electron chi connectivity index (χ0n) is 10.2. The second-order valence-electron chi connectivity index (χ2n) is 4.17. The fourth-order valence-corrected chi connectivity index (χ4v) is 1.75. The first-order valence-corrected chi connectivity index (χ1v) is 5.78. The Hall–Kier alpha value is -2.76. The molecule has 0 spiro atoms. The van der Waals surface area contributed by atoms with Crippen LogP contribution in [0.5, 0.6) is 0 Å². The van der Waals surface area contributed by atoms with Crippen molar-refractivity contribution >= 4 is 5.69 Å². The number of nitrogens with zero attached hydrogens (tertiary/aromatic N) is 2. The van der Waals surface area contributed by atoms with Gasteiger partial charge in [-0.05, 0) is 36.4 Å². The first-order chi connectivity index (χ1) is 9.63. The predicted octanol–water partition coefficient (Wildman–Crippen LogP) is 3.26. The molecule has 0 atom stereocenters. The molecule has 6 heteroatoms. The lowest BCUT2D eigenvalue weighted by Gasteiger charge is -1.96. The van der Waals surface area contributed by atoms with Crippen LogP contribution in [0.15, 0.2) is 47.0 Å². The van der Waals surface area contributed by atoms with E-state index in [4.69, 9.17) is 10.3 Å². The average Bonchev–Trinajstić information content (AvgIpc) is 2.89. The molecule has 0 radical (unpaired) electrons. The van der Waals surface area contributed by atoms with Crippen molar-refractivity contribution in [3.05, 3.63) is 54.1 Å². The molecule has 100 valence electrons. The van der Waals surface area contributed by atoms with Crippen LogP contribution in [0, 0.1) is 11.6 Å². The third-order valence-corrected chi connectivity index (χ3v) is 2.76. The molecule has 3 aromatic rings. The second-order valence-corrected chi connectivity index (χ2v) is 4.17. The highest BCUT2D eigenvalue weighted by Crippen LogP contribution is 2.25. The monoisotopic (exact) mass is 273 g/mol. The molecule has 20 heavy (non-hydrogen) atoms. The highest BCUT2D eigenvalue weighted by atomic mass is 19.1. The van der Waals surface area contributed by atoms with E-state index in [1.54, 1.807) is 24.3 Å². The van der Waals surface area contributed by atoms with Crippen LogP contribution in [0.1, 0.15) is 0 Å². The Morgan fingerprint density at radius 1 is 1.00 bits per heavy atom. The van der Waals surface area contributed by atoms with E-state index in [9.17, 15) is 8.78 Å². The quantitative estimate of drug-likeness (QED) is 0.728. The Labute approximate surface area is 112 Å². The number of nitrogens with two attached hydrogens (primary N) is 1. The van der Waals surface area contributed by atoms with Crippen molar-refractivity contribution in [3.8, 4) is 22.8 Å². The van der Waals surface area contributed by atoms with Gasteiger partial charge in [-0.3, -0.25) is 0 Å². The Morgan fingerprint density at radius 3 is 2.45 bits per heavy atom. The number of anilines is 1. The molecule has 0 fully saturated rings. The summed E-state index contributed by atoms with van der Waals surface area (Å²) >= 11 is 0. The van der Waals surface area contributed by atoms with E-state index < -0.39 is 11.6 Å². The molecule has 1 heterocycles. The Kier molecular flexibility index (Phi) is 2.90. The van der Waals surface area contributed by atoms with Crippen molar-refractivity contribution in [1.29, 1.82) is 0 Å². The highest BCUT2D eigenvalue weighted by Gasteiger charge is 2.14. The maximum atomic E-state index is 13.6. The Morgan fingerprint density at radius 2 is 1.75 bits per heavy atom. The van der Waals surface area contributed by atoms with Crippen molar-refractivity contribution in [3.63, 3.8) is 0 Å². The zero-order chi connectivity index (χ0) is 14.1. The van der Waals surface area contributed by atoms with Gasteiger partial charge >= 0.3 is 0 Å². The Balaban J connectivity index is 1.99. The summed E-state index contributed by atoms with van der Waals surface area (Å²) in [6.07, 6.45) is 0. The van der Waals surface area contributed by atoms with Gasteiger partial charge in [-0.25, -0.2) is 8.78 Å². The van der Waals surface area contributed by atoms with Crippen LogP contribution in [0.25, 0.3) is 22.8 Å². The summed E-state index contributed by atoms with van der Waals surface area (Å²) in [6, 6.07) is 10.0. The number of hydrogen-bond acceptors (Lipinski definition) is 4. The van der Waals surface area contributed by atoms with Crippen LogP contribution in [-0.2, 0) is 0 Å². The summed E-state index contributed by atoms with van der Waals surface area (Å²) in [6.45, 7) is 0. The number of rotatable bonds is 2. The van der Waals surface area contributed by atoms with Crippen LogP contribution in [-0.4, -0.2) is 10.1 Å². The van der Waals surface area contributed by atoms with Gasteiger partial charge in [0.1, 0.15) is 11.6 Å². The molecule has 2 aromatic carbocycles. The van der Waals surface area contributed by atoms with Crippen molar-refractivity contribution in [2.45, 2.75) is 0 Å². The summed E-state index contributed by atoms with van der Waals surface area (Å²) in [5.41, 5.74) is 6.95. The number of aromatic nitrogens is 2. The predicted molar refractivity (Wildman–Crippen MR) is 69.5 cm³/mol. The smallest absolute Gasteiger partial charge is 0.261 e. The van der Waals surface area contributed by atoms with Crippen LogP contribution < -0.4 is 5.73 Å². The van der Waals surface area contributed by atoms with Crippen molar-refractivity contribution in [2.24, 2.45) is 0 Å². The molecule has 1 aromatic heterocycles. The number of benzene rings is 2. The summed E-state index contributed by atoms with van der Waals surface area (Å²) in [5.74, 6) is -1.11. The maximum Gasteiger partial charge on any atom is 0.261 e. The zero-order valence-corrected chi connectivity index (χ0v) is 10.2. The van der Waals surface area contributed by atoms with E-state index >= 15 is 0 Å². The lowest BCUT2D eigenvalue weighted by molar-refractivity contribution is 0.429. The van der Waals surface area contributed by atoms with E-state index in [-0.39, 0.29) is 11.5 Å². The van der Waals surface area contributed by atoms with Gasteiger partial charge in [0.05, 0.1) is 5.56 Å². The molecule has 0 aliphatic carbocycles. The number of halogens is 2. The van der Waals surface area contributed by atoms with Crippen LogP contribution in [0.3, 0.4) is 0 Å². The van der Waals surface area contributed by atoms with Crippen LogP contribution in [0.4, 0.5) is 14.5 Å². The largest absolute Gasteiger partial charge is 0.399 e. The average molecular weight is 273 g/mol. The first-order valence-electron chi connectivity index (χ1n) is 5.78. The van der Waals surface area contributed by atoms with Crippen molar-refractivity contribution in [1.82, 2.24) is 10.1 Å². The fourth-order valence-electron chi connectivity index (χ4n) is 1.75. The molecule has 3 rings (SSSR count). The normalized spacial score (nSPS) is 10.7. The summed E-state index contributed by atoms with van der Waals surface area (Å²) in [4.78, 5) is 4.09. The Bertz CT molecular complexity index is 753. The van der Waals surface area contributed by atoms with Crippen LogP contribution >= 0.6 is 0 Å². The van der Waals surface area contributed by atoms with Crippen molar-refractivity contribution in [2.75, 3.05) is 5.73 Å². The van der Waals surface area contributed by atoms with E-state index in [1.165, 1.54) is 6.07 Å². The second kappa shape index (κ2) is 4.73. The number of hydrogen-bond donors (Lipinski definition) is 1. The van der Waals surface area contributed by atoms with E-state index in [0.717, 1.165) is 12.1 Å². The van der Waals surface area contributed by atoms with Gasteiger partial charge in [0.2, 0.25) is 5.82 Å². The molecule has 0 saturated carbocycles. The minimum Gasteiger partial charge on any atom is -0.399 e. The fraction of sp³-hybridized carbons (Fsp3) is 0. The van der Waals surface area contributed by atoms with Gasteiger partial charge in [-0.2, -0.15) is 4.98 Å². The molecule has 0 aliphatic heterocycles. The molecule has 0 amide bonds. The minimum absolute atomic E-state index is 0.00525. The third-order valence-electron chi connectivity index (χ3n) is 2.76. The van der Waals surface area contributed by atoms with E-state index in [0.29, 0.717) is 17.1 Å². The van der Waals surface area contributed by atoms with E-state index in [1.807, 2.05) is 0 Å². The summed E-state index contributed by atoms with van der Waals surface area (Å²) in [5, 5.41) is 3.77. The number of nitrogen functional groups attached to an aromatic ring is 1. The third kappa shape index (κ3) is 2.23. The van der Waals surface area contributed by atoms with E-state index in [2.05, 4.69) is 10.1 Å². The summed E-state index contributed by atoms with van der Waals surface area (Å²) in [7, 11) is 0. The van der Waals surface area contributed by atoms with Crippen LogP contribution in [0.2, 0.25) is 0 Å². The molecular weight excluding hydrogens is 264 g/mol. The lowest BCUT2D eigenvalue weighted by Crippen LogP contribution is -1.87. The van der Waals surface area contributed by atoms with Gasteiger partial charge in [0.15, 0.2) is 0 Å². The topological polar surface area (TPSA) is 64.9 Å². The van der Waals surface area contributed by atoms with Gasteiger partial charge in [-0.1, -0.05) is 5.16 Å².